The van der Waals surface area contributed by atoms with E-state index in [0.717, 1.165) is 18.1 Å². The summed E-state index contributed by atoms with van der Waals surface area (Å²) < 4.78 is 0. The van der Waals surface area contributed by atoms with Gasteiger partial charge in [-0.1, -0.05) is 61.4 Å². The lowest BCUT2D eigenvalue weighted by atomic mass is 10.1. The van der Waals surface area contributed by atoms with Crippen LogP contribution >= 0.6 is 0 Å². The molecule has 3 nitrogen and oxygen atoms in total. The average Bonchev–Trinajstić information content (AvgIpc) is 3.15. The summed E-state index contributed by atoms with van der Waals surface area (Å²) in [5, 5.41) is 4.79. The fourth-order valence-corrected chi connectivity index (χ4v) is 3.70. The standard InChI is InChI=1S/C20H23N3/c1-22(18-12-6-7-13-18)23-15-17-11-5-8-14-19(17)21-20(23)16-9-3-2-4-10-16/h2-5,8-11,14,18H,6-7,12-13,15H2,1H3. The molecule has 1 heterocycles. The Morgan fingerprint density at radius 1 is 0.957 bits per heavy atom. The summed E-state index contributed by atoms with van der Waals surface area (Å²) in [6, 6.07) is 19.7. The highest BCUT2D eigenvalue weighted by Gasteiger charge is 2.29. The molecule has 1 saturated carbocycles. The SMILES string of the molecule is CN(C1CCCC1)N1Cc2ccccc2N=C1c1ccccc1. The maximum atomic E-state index is 4.99. The van der Waals surface area contributed by atoms with Crippen molar-refractivity contribution in [3.05, 3.63) is 65.7 Å². The minimum absolute atomic E-state index is 0.633. The van der Waals surface area contributed by atoms with Crippen LogP contribution < -0.4 is 0 Å². The number of rotatable bonds is 3. The van der Waals surface area contributed by atoms with Crippen LogP contribution in [0.4, 0.5) is 5.69 Å². The quantitative estimate of drug-likeness (QED) is 0.838. The van der Waals surface area contributed by atoms with E-state index in [9.17, 15) is 0 Å². The van der Waals surface area contributed by atoms with Crippen molar-refractivity contribution in [2.45, 2.75) is 38.3 Å². The minimum Gasteiger partial charge on any atom is -0.284 e. The Kier molecular flexibility index (Phi) is 3.88. The Balaban J connectivity index is 1.74. The highest BCUT2D eigenvalue weighted by Crippen LogP contribution is 2.31. The molecular weight excluding hydrogens is 282 g/mol. The van der Waals surface area contributed by atoms with E-state index in [-0.39, 0.29) is 0 Å². The number of aliphatic imine (C=N–C) groups is 1. The first-order chi connectivity index (χ1) is 11.3. The Morgan fingerprint density at radius 2 is 1.65 bits per heavy atom. The van der Waals surface area contributed by atoms with Gasteiger partial charge in [0.2, 0.25) is 0 Å². The lowest BCUT2D eigenvalue weighted by molar-refractivity contribution is 0.0234. The van der Waals surface area contributed by atoms with E-state index in [1.807, 2.05) is 0 Å². The smallest absolute Gasteiger partial charge is 0.151 e. The van der Waals surface area contributed by atoms with Gasteiger partial charge in [0, 0.05) is 18.7 Å². The third kappa shape index (κ3) is 2.77. The molecule has 0 radical (unpaired) electrons. The molecular formula is C20H23N3. The van der Waals surface area contributed by atoms with Gasteiger partial charge in [0.05, 0.1) is 12.2 Å². The van der Waals surface area contributed by atoms with Crippen LogP contribution in [0.2, 0.25) is 0 Å². The van der Waals surface area contributed by atoms with Crippen molar-refractivity contribution < 1.29 is 0 Å². The zero-order chi connectivity index (χ0) is 15.6. The van der Waals surface area contributed by atoms with E-state index in [4.69, 9.17) is 4.99 Å². The van der Waals surface area contributed by atoms with Crippen molar-refractivity contribution in [1.82, 2.24) is 10.0 Å². The zero-order valence-electron chi connectivity index (χ0n) is 13.7. The molecule has 1 aliphatic carbocycles. The molecule has 3 heteroatoms. The average molecular weight is 305 g/mol. The first-order valence-electron chi connectivity index (χ1n) is 8.55. The van der Waals surface area contributed by atoms with E-state index < -0.39 is 0 Å². The van der Waals surface area contributed by atoms with Crippen LogP contribution in [0, 0.1) is 0 Å². The predicted octanol–water partition coefficient (Wildman–Crippen LogP) is 4.37. The molecule has 2 aromatic carbocycles. The van der Waals surface area contributed by atoms with E-state index in [1.165, 1.54) is 36.8 Å². The molecule has 0 amide bonds. The molecule has 0 N–H and O–H groups in total. The monoisotopic (exact) mass is 305 g/mol. The van der Waals surface area contributed by atoms with Gasteiger partial charge in [-0.2, -0.15) is 0 Å². The molecule has 1 fully saturated rings. The highest BCUT2D eigenvalue weighted by atomic mass is 15.6. The largest absolute Gasteiger partial charge is 0.284 e. The number of fused-ring (bicyclic) bond motifs is 1. The number of hydrogen-bond donors (Lipinski definition) is 0. The van der Waals surface area contributed by atoms with E-state index >= 15 is 0 Å². The van der Waals surface area contributed by atoms with E-state index in [1.54, 1.807) is 0 Å². The third-order valence-electron chi connectivity index (χ3n) is 5.05. The molecule has 23 heavy (non-hydrogen) atoms. The summed E-state index contributed by atoms with van der Waals surface area (Å²) >= 11 is 0. The van der Waals surface area contributed by atoms with Gasteiger partial charge < -0.3 is 0 Å². The number of benzene rings is 2. The molecule has 0 aromatic heterocycles. The second-order valence-corrected chi connectivity index (χ2v) is 6.50. The van der Waals surface area contributed by atoms with Crippen LogP contribution in [0.15, 0.2) is 59.6 Å². The van der Waals surface area contributed by atoms with Crippen molar-refractivity contribution in [3.63, 3.8) is 0 Å². The molecule has 0 spiro atoms. The fourth-order valence-electron chi connectivity index (χ4n) is 3.70. The number of hydrazine groups is 1. The second-order valence-electron chi connectivity index (χ2n) is 6.50. The summed E-state index contributed by atoms with van der Waals surface area (Å²) in [7, 11) is 2.22. The van der Waals surface area contributed by atoms with Gasteiger partial charge in [-0.15, -0.1) is 0 Å². The van der Waals surface area contributed by atoms with Crippen LogP contribution in [0.1, 0.15) is 36.8 Å². The molecule has 118 valence electrons. The fraction of sp³-hybridized carbons (Fsp3) is 0.350. The maximum absolute atomic E-state index is 4.99. The maximum Gasteiger partial charge on any atom is 0.151 e. The van der Waals surface area contributed by atoms with Crippen LogP contribution in [0.3, 0.4) is 0 Å². The molecule has 1 aliphatic heterocycles. The first-order valence-corrected chi connectivity index (χ1v) is 8.55. The lowest BCUT2D eigenvalue weighted by Gasteiger charge is -2.40. The Bertz CT molecular complexity index is 702. The lowest BCUT2D eigenvalue weighted by Crippen LogP contribution is -2.49. The Morgan fingerprint density at radius 3 is 2.43 bits per heavy atom. The van der Waals surface area contributed by atoms with E-state index in [0.29, 0.717) is 6.04 Å². The Hall–Kier alpha value is -2.13. The predicted molar refractivity (Wildman–Crippen MR) is 94.6 cm³/mol. The van der Waals surface area contributed by atoms with Crippen molar-refractivity contribution in [2.75, 3.05) is 7.05 Å². The second kappa shape index (κ2) is 6.17. The summed E-state index contributed by atoms with van der Waals surface area (Å²) in [6.07, 6.45) is 5.27. The topological polar surface area (TPSA) is 18.8 Å². The van der Waals surface area contributed by atoms with Crippen molar-refractivity contribution in [3.8, 4) is 0 Å². The number of hydrogen-bond acceptors (Lipinski definition) is 3. The third-order valence-corrected chi connectivity index (χ3v) is 5.05. The molecule has 2 aliphatic rings. The summed E-state index contributed by atoms with van der Waals surface area (Å²) in [6.45, 7) is 0.900. The number of nitrogens with zero attached hydrogens (tertiary/aromatic N) is 3. The normalized spacial score (nSPS) is 18.2. The molecule has 0 atom stereocenters. The summed E-state index contributed by atoms with van der Waals surface area (Å²) in [4.78, 5) is 4.99. The van der Waals surface area contributed by atoms with Gasteiger partial charge in [-0.3, -0.25) is 5.01 Å². The molecule has 4 rings (SSSR count). The summed E-state index contributed by atoms with van der Waals surface area (Å²) in [5.74, 6) is 1.07. The van der Waals surface area contributed by atoms with Crippen molar-refractivity contribution in [2.24, 2.45) is 4.99 Å². The number of amidine groups is 1. The van der Waals surface area contributed by atoms with Gasteiger partial charge in [0.25, 0.3) is 0 Å². The van der Waals surface area contributed by atoms with Crippen LogP contribution in [0.25, 0.3) is 0 Å². The van der Waals surface area contributed by atoms with Gasteiger partial charge in [-0.25, -0.2) is 10.0 Å². The van der Waals surface area contributed by atoms with E-state index in [2.05, 4.69) is 71.7 Å². The Labute approximate surface area is 138 Å². The van der Waals surface area contributed by atoms with Crippen LogP contribution in [-0.4, -0.2) is 28.9 Å². The summed E-state index contributed by atoms with van der Waals surface area (Å²) in [5.41, 5.74) is 3.59. The van der Waals surface area contributed by atoms with Gasteiger partial charge in [0.15, 0.2) is 5.84 Å². The molecule has 0 unspecified atom stereocenters. The molecule has 2 aromatic rings. The van der Waals surface area contributed by atoms with Crippen molar-refractivity contribution >= 4 is 11.5 Å². The van der Waals surface area contributed by atoms with Gasteiger partial charge >= 0.3 is 0 Å². The highest BCUT2D eigenvalue weighted by molar-refractivity contribution is 6.01. The molecule has 0 bridgehead atoms. The zero-order valence-corrected chi connectivity index (χ0v) is 13.7. The van der Waals surface area contributed by atoms with Gasteiger partial charge in [-0.05, 0) is 24.5 Å². The molecule has 0 saturated heterocycles. The van der Waals surface area contributed by atoms with Gasteiger partial charge in [0.1, 0.15) is 0 Å². The van der Waals surface area contributed by atoms with Crippen LogP contribution in [0.5, 0.6) is 0 Å². The number of para-hydroxylation sites is 1. The first kappa shape index (κ1) is 14.5. The van der Waals surface area contributed by atoms with Crippen molar-refractivity contribution in [1.29, 1.82) is 0 Å². The minimum atomic E-state index is 0.633. The van der Waals surface area contributed by atoms with Crippen LogP contribution in [-0.2, 0) is 6.54 Å².